The topological polar surface area (TPSA) is 260 Å². The maximum absolute atomic E-state index is 13.7. The second-order valence-corrected chi connectivity index (χ2v) is 25.2. The lowest BCUT2D eigenvalue weighted by molar-refractivity contribution is -0.269. The SMILES string of the molecule is CO[C@H]1C(O[Si](C)(C)C(C)(C)C)[C@@H](CON=CCCCCCNC(=O)CCCCO[C@H]2O[C@@H](COC(=O)c3ccccc3)[C@@H](OC(=O)c3ccccc3)[C@@H](OC(=O)c3ccccc3)[C@@H]2NC(C)=O)O[C@H]1n1ccc(=O)[nH]c1=O. The standard InChI is InChI=1S/C56H73N5O16Si/c1-37(62)59-45-48(76-53(67)40-27-17-12-18-28-40)46(75-52(66)39-25-15-11-16-26-39)41(35-71-51(65)38-23-13-10-14-24-38)74-54(45)70-34-22-19-29-43(63)57-31-20-8-9-21-32-58-72-36-42-47(77-78(6,7)56(2,3)4)49(69-5)50(73-42)61-33-30-44(64)60-55(61)68/h10-18,23-28,30,32-33,41-42,45-50,54H,8-9,19-22,29,31,34-36H2,1-7H3,(H,57,63)(H,59,62)(H,60,64,68)/t41-,42+,45-,46+,47?,48-,49-,50+,54-/m0/s1. The minimum atomic E-state index is -2.35. The zero-order valence-electron chi connectivity index (χ0n) is 45.3. The zero-order valence-corrected chi connectivity index (χ0v) is 46.3. The Balaban J connectivity index is 0.976. The van der Waals surface area contributed by atoms with Gasteiger partial charge in [0, 0.05) is 52.1 Å². The van der Waals surface area contributed by atoms with Gasteiger partial charge >= 0.3 is 23.6 Å². The van der Waals surface area contributed by atoms with Crippen LogP contribution in [0.2, 0.25) is 18.1 Å². The molecule has 2 saturated heterocycles. The second-order valence-electron chi connectivity index (χ2n) is 20.4. The smallest absolute Gasteiger partial charge is 0.338 e. The van der Waals surface area contributed by atoms with E-state index in [1.807, 2.05) is 0 Å². The predicted octanol–water partition coefficient (Wildman–Crippen LogP) is 6.24. The molecule has 3 N–H and O–H groups in total. The van der Waals surface area contributed by atoms with Crippen LogP contribution in [0.5, 0.6) is 0 Å². The van der Waals surface area contributed by atoms with Crippen LogP contribution in [0.1, 0.15) is 110 Å². The number of nitrogens with zero attached hydrogens (tertiary/aromatic N) is 2. The monoisotopic (exact) mass is 1100 g/mol. The maximum atomic E-state index is 13.7. The van der Waals surface area contributed by atoms with E-state index in [1.165, 1.54) is 30.9 Å². The number of unbranched alkanes of at least 4 members (excludes halogenated alkanes) is 4. The number of H-pyrrole nitrogens is 1. The Morgan fingerprint density at radius 3 is 1.92 bits per heavy atom. The van der Waals surface area contributed by atoms with Gasteiger partial charge in [0.1, 0.15) is 43.7 Å². The summed E-state index contributed by atoms with van der Waals surface area (Å²) in [5.41, 5.74) is -0.513. The Kier molecular flexibility index (Phi) is 22.6. The van der Waals surface area contributed by atoms with Crippen LogP contribution in [0.25, 0.3) is 0 Å². The number of amides is 2. The molecular formula is C56H73N5O16Si. The van der Waals surface area contributed by atoms with Crippen molar-refractivity contribution >= 4 is 44.3 Å². The summed E-state index contributed by atoms with van der Waals surface area (Å²) < 4.78 is 50.6. The number of rotatable bonds is 27. The molecule has 0 bridgehead atoms. The largest absolute Gasteiger partial charge is 0.459 e. The normalized spacial score (nSPS) is 22.3. The number of hydrogen-bond donors (Lipinski definition) is 3. The second kappa shape index (κ2) is 29.2. The highest BCUT2D eigenvalue weighted by Crippen LogP contribution is 2.42. The van der Waals surface area contributed by atoms with Crippen molar-refractivity contribution in [2.75, 3.05) is 33.5 Å². The van der Waals surface area contributed by atoms with Gasteiger partial charge in [-0.25, -0.2) is 19.2 Å². The van der Waals surface area contributed by atoms with Gasteiger partial charge < -0.3 is 53.1 Å². The first kappa shape index (κ1) is 60.4. The molecule has 2 aliphatic heterocycles. The van der Waals surface area contributed by atoms with E-state index in [1.54, 1.807) is 97.2 Å². The van der Waals surface area contributed by atoms with Crippen LogP contribution in [0, 0.1) is 0 Å². The number of methoxy groups -OCH3 is 1. The minimum Gasteiger partial charge on any atom is -0.459 e. The molecule has 3 heterocycles. The van der Waals surface area contributed by atoms with Crippen molar-refractivity contribution in [3.8, 4) is 0 Å². The first-order valence-electron chi connectivity index (χ1n) is 26.2. The fourth-order valence-corrected chi connectivity index (χ4v) is 9.78. The van der Waals surface area contributed by atoms with E-state index in [0.717, 1.165) is 19.3 Å². The van der Waals surface area contributed by atoms with Crippen LogP contribution >= 0.6 is 0 Å². The highest BCUT2D eigenvalue weighted by molar-refractivity contribution is 6.74. The Morgan fingerprint density at radius 1 is 0.731 bits per heavy atom. The number of carbonyl (C=O) groups excluding carboxylic acids is 5. The molecule has 21 nitrogen and oxygen atoms in total. The van der Waals surface area contributed by atoms with Crippen molar-refractivity contribution < 1.29 is 66.4 Å². The molecule has 1 aromatic heterocycles. The molecule has 0 aliphatic carbocycles. The third kappa shape index (κ3) is 17.3. The number of ether oxygens (including phenoxy) is 7. The van der Waals surface area contributed by atoms with Gasteiger partial charge in [0.2, 0.25) is 11.8 Å². The first-order valence-corrected chi connectivity index (χ1v) is 29.1. The molecular weight excluding hydrogens is 1030 g/mol. The van der Waals surface area contributed by atoms with Crippen LogP contribution < -0.4 is 21.9 Å². The summed E-state index contributed by atoms with van der Waals surface area (Å²) in [5, 5.41) is 9.73. The van der Waals surface area contributed by atoms with E-state index < -0.39 is 105 Å². The Hall–Kier alpha value is -6.82. The number of aromatic amines is 1. The zero-order chi connectivity index (χ0) is 56.2. The summed E-state index contributed by atoms with van der Waals surface area (Å²) in [7, 11) is -0.825. The number of aromatic nitrogens is 2. The van der Waals surface area contributed by atoms with Crippen LogP contribution in [-0.4, -0.2) is 136 Å². The average molecular weight is 1100 g/mol. The quantitative estimate of drug-likeness (QED) is 0.0149. The van der Waals surface area contributed by atoms with Gasteiger partial charge in [-0.15, -0.1) is 0 Å². The molecule has 2 fully saturated rings. The molecule has 0 radical (unpaired) electrons. The van der Waals surface area contributed by atoms with Crippen molar-refractivity contribution in [2.45, 2.75) is 146 Å². The number of benzene rings is 3. The fourth-order valence-electron chi connectivity index (χ4n) is 8.46. The van der Waals surface area contributed by atoms with Gasteiger partial charge in [0.25, 0.3) is 5.56 Å². The van der Waals surface area contributed by atoms with Crippen LogP contribution in [-0.2, 0) is 52.0 Å². The molecule has 1 unspecified atom stereocenters. The third-order valence-corrected chi connectivity index (χ3v) is 18.1. The van der Waals surface area contributed by atoms with Gasteiger partial charge in [-0.2, -0.15) is 0 Å². The van der Waals surface area contributed by atoms with Crippen molar-refractivity contribution in [1.82, 2.24) is 20.2 Å². The van der Waals surface area contributed by atoms with E-state index in [4.69, 9.17) is 42.4 Å². The van der Waals surface area contributed by atoms with Gasteiger partial charge in [-0.05, 0) is 86.6 Å². The number of nitrogens with one attached hydrogen (secondary N) is 3. The molecule has 3 aromatic carbocycles. The van der Waals surface area contributed by atoms with Crippen molar-refractivity contribution in [3.05, 3.63) is 141 Å². The van der Waals surface area contributed by atoms with Gasteiger partial charge in [0.15, 0.2) is 33.0 Å². The third-order valence-electron chi connectivity index (χ3n) is 13.6. The molecule has 6 rings (SSSR count). The van der Waals surface area contributed by atoms with E-state index in [9.17, 15) is 33.6 Å². The van der Waals surface area contributed by atoms with E-state index >= 15 is 0 Å². The molecule has 22 heteroatoms. The number of hydrogen-bond acceptors (Lipinski definition) is 17. The summed E-state index contributed by atoms with van der Waals surface area (Å²) in [6.07, 6.45) is -1.05. The lowest BCUT2D eigenvalue weighted by atomic mass is 9.95. The summed E-state index contributed by atoms with van der Waals surface area (Å²) in [6, 6.07) is 24.6. The van der Waals surface area contributed by atoms with Crippen LogP contribution in [0.15, 0.2) is 118 Å². The highest BCUT2D eigenvalue weighted by Gasteiger charge is 2.53. The van der Waals surface area contributed by atoms with E-state index in [2.05, 4.69) is 54.6 Å². The number of oxime groups is 1. The number of carbonyl (C=O) groups is 5. The minimum absolute atomic E-state index is 0.0321. The van der Waals surface area contributed by atoms with Crippen LogP contribution in [0.3, 0.4) is 0 Å². The molecule has 0 spiro atoms. The summed E-state index contributed by atoms with van der Waals surface area (Å²) in [6.45, 7) is 12.0. The summed E-state index contributed by atoms with van der Waals surface area (Å²) in [5.74, 6) is -2.90. The summed E-state index contributed by atoms with van der Waals surface area (Å²) in [4.78, 5) is 98.6. The molecule has 0 saturated carbocycles. The van der Waals surface area contributed by atoms with Crippen molar-refractivity contribution in [3.63, 3.8) is 0 Å². The fraction of sp³-hybridized carbons (Fsp3) is 0.500. The lowest BCUT2D eigenvalue weighted by Crippen LogP contribution is -2.66. The molecule has 2 aliphatic rings. The highest BCUT2D eigenvalue weighted by atomic mass is 28.4. The van der Waals surface area contributed by atoms with Crippen molar-refractivity contribution in [1.29, 1.82) is 0 Å². The van der Waals surface area contributed by atoms with Crippen LogP contribution in [0.4, 0.5) is 0 Å². The van der Waals surface area contributed by atoms with Gasteiger partial charge in [-0.3, -0.25) is 23.9 Å². The molecule has 2 amide bonds. The van der Waals surface area contributed by atoms with E-state index in [-0.39, 0.29) is 47.3 Å². The Morgan fingerprint density at radius 2 is 1.33 bits per heavy atom. The molecule has 422 valence electrons. The van der Waals surface area contributed by atoms with Crippen molar-refractivity contribution in [2.24, 2.45) is 5.16 Å². The van der Waals surface area contributed by atoms with Gasteiger partial charge in [-0.1, -0.05) is 86.9 Å². The summed E-state index contributed by atoms with van der Waals surface area (Å²) >= 11 is 0. The molecule has 4 aromatic rings. The van der Waals surface area contributed by atoms with E-state index in [0.29, 0.717) is 25.8 Å². The first-order chi connectivity index (χ1) is 37.4. The average Bonchev–Trinajstić information content (AvgIpc) is 3.92. The molecule has 9 atom stereocenters. The maximum Gasteiger partial charge on any atom is 0.338 e. The lowest BCUT2D eigenvalue weighted by Gasteiger charge is -2.45. The Labute approximate surface area is 454 Å². The molecule has 78 heavy (non-hydrogen) atoms. The van der Waals surface area contributed by atoms with Gasteiger partial charge in [0.05, 0.1) is 16.7 Å². The predicted molar refractivity (Wildman–Crippen MR) is 288 cm³/mol. The Bertz CT molecular complexity index is 2720. The number of esters is 3.